The van der Waals surface area contributed by atoms with E-state index < -0.39 is 0 Å². The van der Waals surface area contributed by atoms with Crippen molar-refractivity contribution in [3.63, 3.8) is 0 Å². The van der Waals surface area contributed by atoms with E-state index >= 15 is 0 Å². The Morgan fingerprint density at radius 2 is 2.11 bits per heavy atom. The van der Waals surface area contributed by atoms with Gasteiger partial charge in [-0.15, -0.1) is 5.10 Å². The van der Waals surface area contributed by atoms with Gasteiger partial charge in [0.2, 0.25) is 5.95 Å². The van der Waals surface area contributed by atoms with E-state index in [9.17, 15) is 0 Å². The van der Waals surface area contributed by atoms with Gasteiger partial charge in [0, 0.05) is 12.6 Å². The highest BCUT2D eigenvalue weighted by atomic mass is 15.3. The average molecular weight is 255 g/mol. The van der Waals surface area contributed by atoms with Crippen molar-refractivity contribution in [2.75, 3.05) is 10.6 Å². The van der Waals surface area contributed by atoms with Gasteiger partial charge < -0.3 is 10.6 Å². The molecular formula is C14H17N5. The van der Waals surface area contributed by atoms with Crippen molar-refractivity contribution in [2.45, 2.75) is 32.4 Å². The van der Waals surface area contributed by atoms with Crippen LogP contribution in [0.1, 0.15) is 24.0 Å². The summed E-state index contributed by atoms with van der Waals surface area (Å²) in [6.07, 6.45) is 4.05. The smallest absolute Gasteiger partial charge is 0.244 e. The van der Waals surface area contributed by atoms with Crippen molar-refractivity contribution in [1.82, 2.24) is 15.2 Å². The van der Waals surface area contributed by atoms with Crippen LogP contribution >= 0.6 is 0 Å². The molecule has 0 atom stereocenters. The van der Waals surface area contributed by atoms with E-state index in [-0.39, 0.29) is 0 Å². The van der Waals surface area contributed by atoms with E-state index in [0.29, 0.717) is 12.0 Å². The van der Waals surface area contributed by atoms with Crippen LogP contribution in [0.25, 0.3) is 0 Å². The third kappa shape index (κ3) is 3.19. The van der Waals surface area contributed by atoms with Gasteiger partial charge in [-0.2, -0.15) is 10.1 Å². The molecule has 1 aliphatic carbocycles. The van der Waals surface area contributed by atoms with Crippen molar-refractivity contribution in [3.05, 3.63) is 41.6 Å². The maximum atomic E-state index is 4.40. The van der Waals surface area contributed by atoms with Crippen LogP contribution < -0.4 is 10.6 Å². The zero-order valence-corrected chi connectivity index (χ0v) is 10.9. The Morgan fingerprint density at radius 1 is 1.26 bits per heavy atom. The molecule has 1 fully saturated rings. The van der Waals surface area contributed by atoms with E-state index in [1.165, 1.54) is 24.0 Å². The van der Waals surface area contributed by atoms with Gasteiger partial charge in [0.05, 0.1) is 6.20 Å². The minimum Gasteiger partial charge on any atom is -0.365 e. The number of benzene rings is 1. The van der Waals surface area contributed by atoms with E-state index in [0.717, 1.165) is 12.4 Å². The van der Waals surface area contributed by atoms with Crippen LogP contribution in [0, 0.1) is 6.92 Å². The van der Waals surface area contributed by atoms with Gasteiger partial charge in [0.15, 0.2) is 5.82 Å². The molecule has 0 saturated heterocycles. The number of nitrogens with zero attached hydrogens (tertiary/aromatic N) is 3. The number of aromatic nitrogens is 3. The SMILES string of the molecule is Cc1ccccc1CNc1cnnc(NC2CC2)n1. The Kier molecular flexibility index (Phi) is 3.27. The van der Waals surface area contributed by atoms with Crippen LogP contribution in [-0.4, -0.2) is 21.2 Å². The fraction of sp³-hybridized carbons (Fsp3) is 0.357. The van der Waals surface area contributed by atoms with Crippen LogP contribution in [0.4, 0.5) is 11.8 Å². The number of hydrogen-bond donors (Lipinski definition) is 2. The van der Waals surface area contributed by atoms with Gasteiger partial charge in [-0.1, -0.05) is 24.3 Å². The highest BCUT2D eigenvalue weighted by Crippen LogP contribution is 2.22. The first-order valence-electron chi connectivity index (χ1n) is 6.56. The third-order valence-corrected chi connectivity index (χ3v) is 3.19. The lowest BCUT2D eigenvalue weighted by atomic mass is 10.1. The van der Waals surface area contributed by atoms with Crippen molar-refractivity contribution in [1.29, 1.82) is 0 Å². The molecule has 1 saturated carbocycles. The van der Waals surface area contributed by atoms with Crippen molar-refractivity contribution in [3.8, 4) is 0 Å². The molecule has 0 aliphatic heterocycles. The second kappa shape index (κ2) is 5.22. The minimum absolute atomic E-state index is 0.536. The van der Waals surface area contributed by atoms with Crippen molar-refractivity contribution < 1.29 is 0 Å². The molecule has 0 bridgehead atoms. The first-order chi connectivity index (χ1) is 9.31. The maximum absolute atomic E-state index is 4.40. The molecule has 2 N–H and O–H groups in total. The average Bonchev–Trinajstić information content (AvgIpc) is 3.22. The summed E-state index contributed by atoms with van der Waals surface area (Å²) in [5, 5.41) is 14.5. The van der Waals surface area contributed by atoms with Crippen molar-refractivity contribution >= 4 is 11.8 Å². The highest BCUT2D eigenvalue weighted by Gasteiger charge is 2.22. The zero-order valence-electron chi connectivity index (χ0n) is 10.9. The summed E-state index contributed by atoms with van der Waals surface area (Å²) < 4.78 is 0. The largest absolute Gasteiger partial charge is 0.365 e. The Balaban J connectivity index is 1.64. The Labute approximate surface area is 112 Å². The normalized spacial score (nSPS) is 14.2. The van der Waals surface area contributed by atoms with Gasteiger partial charge in [0.25, 0.3) is 0 Å². The number of anilines is 2. The minimum atomic E-state index is 0.536. The molecular weight excluding hydrogens is 238 g/mol. The van der Waals surface area contributed by atoms with Crippen LogP contribution in [-0.2, 0) is 6.54 Å². The van der Waals surface area contributed by atoms with Gasteiger partial charge in [-0.25, -0.2) is 0 Å². The summed E-state index contributed by atoms with van der Waals surface area (Å²) in [7, 11) is 0. The molecule has 1 heterocycles. The number of rotatable bonds is 5. The van der Waals surface area contributed by atoms with Crippen LogP contribution in [0.3, 0.4) is 0 Å². The van der Waals surface area contributed by atoms with Crippen LogP contribution in [0.15, 0.2) is 30.5 Å². The molecule has 19 heavy (non-hydrogen) atoms. The summed E-state index contributed by atoms with van der Waals surface area (Å²) in [5.41, 5.74) is 2.53. The Hall–Kier alpha value is -2.17. The second-order valence-corrected chi connectivity index (χ2v) is 4.86. The summed E-state index contributed by atoms with van der Waals surface area (Å²) in [5.74, 6) is 1.36. The van der Waals surface area contributed by atoms with E-state index in [1.807, 2.05) is 12.1 Å². The predicted octanol–water partition coefficient (Wildman–Crippen LogP) is 2.37. The summed E-state index contributed by atoms with van der Waals surface area (Å²) in [4.78, 5) is 4.40. The lowest BCUT2D eigenvalue weighted by Gasteiger charge is -2.08. The van der Waals surface area contributed by atoms with E-state index in [4.69, 9.17) is 0 Å². The van der Waals surface area contributed by atoms with Gasteiger partial charge >= 0.3 is 0 Å². The molecule has 5 nitrogen and oxygen atoms in total. The second-order valence-electron chi connectivity index (χ2n) is 4.86. The molecule has 5 heteroatoms. The Bertz CT molecular complexity index is 565. The summed E-state index contributed by atoms with van der Waals surface area (Å²) >= 11 is 0. The topological polar surface area (TPSA) is 62.7 Å². The molecule has 0 amide bonds. The first kappa shape index (κ1) is 11.9. The molecule has 1 aliphatic rings. The monoisotopic (exact) mass is 255 g/mol. The van der Waals surface area contributed by atoms with Gasteiger partial charge in [0.1, 0.15) is 0 Å². The molecule has 98 valence electrons. The summed E-state index contributed by atoms with van der Waals surface area (Å²) in [6, 6.07) is 8.84. The zero-order chi connectivity index (χ0) is 13.1. The molecule has 1 aromatic carbocycles. The molecule has 0 spiro atoms. The number of hydrogen-bond acceptors (Lipinski definition) is 5. The third-order valence-electron chi connectivity index (χ3n) is 3.19. The van der Waals surface area contributed by atoms with Crippen LogP contribution in [0.2, 0.25) is 0 Å². The van der Waals surface area contributed by atoms with E-state index in [2.05, 4.69) is 44.9 Å². The Morgan fingerprint density at radius 3 is 2.89 bits per heavy atom. The molecule has 3 rings (SSSR count). The van der Waals surface area contributed by atoms with Crippen molar-refractivity contribution in [2.24, 2.45) is 0 Å². The summed E-state index contributed by atoms with van der Waals surface area (Å²) in [6.45, 7) is 2.85. The molecule has 1 aromatic heterocycles. The molecule has 2 aromatic rings. The van der Waals surface area contributed by atoms with Crippen LogP contribution in [0.5, 0.6) is 0 Å². The lowest BCUT2D eigenvalue weighted by Crippen LogP contribution is -2.09. The highest BCUT2D eigenvalue weighted by molar-refractivity contribution is 5.39. The van der Waals surface area contributed by atoms with E-state index in [1.54, 1.807) is 6.20 Å². The standard InChI is InChI=1S/C14H17N5/c1-10-4-2-3-5-11(10)8-15-13-9-16-19-14(18-13)17-12-6-7-12/h2-5,9,12H,6-8H2,1H3,(H2,15,17,18,19). The molecule has 0 radical (unpaired) electrons. The number of nitrogens with one attached hydrogen (secondary N) is 2. The maximum Gasteiger partial charge on any atom is 0.244 e. The van der Waals surface area contributed by atoms with Gasteiger partial charge in [-0.05, 0) is 30.9 Å². The van der Waals surface area contributed by atoms with Gasteiger partial charge in [-0.3, -0.25) is 0 Å². The number of aryl methyl sites for hydroxylation is 1. The fourth-order valence-corrected chi connectivity index (χ4v) is 1.85. The fourth-order valence-electron chi connectivity index (χ4n) is 1.85. The lowest BCUT2D eigenvalue weighted by molar-refractivity contribution is 0.935. The predicted molar refractivity (Wildman–Crippen MR) is 75.0 cm³/mol. The quantitative estimate of drug-likeness (QED) is 0.858. The first-order valence-corrected chi connectivity index (χ1v) is 6.56. The molecule has 0 unspecified atom stereocenters.